The molecule has 0 saturated heterocycles. The van der Waals surface area contributed by atoms with Crippen LogP contribution < -0.4 is 10.1 Å². The normalized spacial score (nSPS) is 10.3. The molecule has 0 aromatic heterocycles. The fraction of sp³-hybridized carbons (Fsp3) is 0.0714. The number of carbonyl (C=O) groups is 1. The second kappa shape index (κ2) is 5.82. The summed E-state index contributed by atoms with van der Waals surface area (Å²) in [6.07, 6.45) is 0. The molecule has 110 valence electrons. The summed E-state index contributed by atoms with van der Waals surface area (Å²) in [5.41, 5.74) is -1.13. The highest BCUT2D eigenvalue weighted by Gasteiger charge is 2.30. The number of hydrogen-bond acceptors (Lipinski definition) is 2. The van der Waals surface area contributed by atoms with Crippen molar-refractivity contribution in [3.63, 3.8) is 0 Å². The zero-order chi connectivity index (χ0) is 15.6. The maximum atomic E-state index is 13.7. The smallest absolute Gasteiger partial charge is 0.261 e. The molecular formula is C14H9F4NO2. The molecule has 1 N–H and O–H groups in total. The lowest BCUT2D eigenvalue weighted by Crippen LogP contribution is -2.18. The van der Waals surface area contributed by atoms with Crippen LogP contribution in [0.2, 0.25) is 0 Å². The Labute approximate surface area is 117 Å². The summed E-state index contributed by atoms with van der Waals surface area (Å²) in [7, 11) is 0.851. The van der Waals surface area contributed by atoms with Gasteiger partial charge in [-0.1, -0.05) is 18.2 Å². The van der Waals surface area contributed by atoms with E-state index < -0.39 is 40.5 Å². The average Bonchev–Trinajstić information content (AvgIpc) is 2.47. The van der Waals surface area contributed by atoms with Gasteiger partial charge in [-0.3, -0.25) is 4.79 Å². The average molecular weight is 299 g/mol. The van der Waals surface area contributed by atoms with Gasteiger partial charge in [-0.2, -0.15) is 8.78 Å². The van der Waals surface area contributed by atoms with E-state index in [1.54, 1.807) is 18.2 Å². The van der Waals surface area contributed by atoms with Crippen molar-refractivity contribution in [2.75, 3.05) is 12.4 Å². The van der Waals surface area contributed by atoms with Crippen molar-refractivity contribution >= 4 is 11.6 Å². The number of amides is 1. The summed E-state index contributed by atoms with van der Waals surface area (Å²) in [5.74, 6) is -9.71. The van der Waals surface area contributed by atoms with E-state index in [1.165, 1.54) is 12.1 Å². The number of anilines is 1. The van der Waals surface area contributed by atoms with Crippen molar-refractivity contribution in [2.45, 2.75) is 0 Å². The van der Waals surface area contributed by atoms with Gasteiger partial charge in [-0.15, -0.1) is 0 Å². The van der Waals surface area contributed by atoms with Gasteiger partial charge < -0.3 is 10.1 Å². The minimum absolute atomic E-state index is 0.220. The molecule has 0 bridgehead atoms. The lowest BCUT2D eigenvalue weighted by Gasteiger charge is -2.11. The molecule has 21 heavy (non-hydrogen) atoms. The van der Waals surface area contributed by atoms with Gasteiger partial charge in [-0.25, -0.2) is 8.78 Å². The molecule has 1 amide bonds. The fourth-order valence-electron chi connectivity index (χ4n) is 1.71. The molecule has 7 heteroatoms. The third-order valence-corrected chi connectivity index (χ3v) is 2.69. The lowest BCUT2D eigenvalue weighted by atomic mass is 10.1. The highest BCUT2D eigenvalue weighted by atomic mass is 19.2. The standard InChI is InChI=1S/C14H9F4NO2/c1-21-13-11(17)9(15)8(10(16)12(13)18)14(20)19-7-5-3-2-4-6-7/h2-6H,1H3,(H,19,20). The molecule has 0 aliphatic carbocycles. The van der Waals surface area contributed by atoms with Crippen molar-refractivity contribution in [1.29, 1.82) is 0 Å². The summed E-state index contributed by atoms with van der Waals surface area (Å²) in [6.45, 7) is 0. The molecule has 0 saturated carbocycles. The maximum absolute atomic E-state index is 13.7. The van der Waals surface area contributed by atoms with Crippen LogP contribution in [0.1, 0.15) is 10.4 Å². The number of halogens is 4. The topological polar surface area (TPSA) is 38.3 Å². The third kappa shape index (κ3) is 2.67. The van der Waals surface area contributed by atoms with Crippen LogP contribution in [0.3, 0.4) is 0 Å². The summed E-state index contributed by atoms with van der Waals surface area (Å²) in [5, 5.41) is 2.14. The van der Waals surface area contributed by atoms with E-state index >= 15 is 0 Å². The molecule has 0 radical (unpaired) electrons. The summed E-state index contributed by atoms with van der Waals surface area (Å²) in [6, 6.07) is 7.69. The minimum atomic E-state index is -1.82. The van der Waals surface area contributed by atoms with Crippen molar-refractivity contribution in [3.8, 4) is 5.75 Å². The summed E-state index contributed by atoms with van der Waals surface area (Å²) >= 11 is 0. The lowest BCUT2D eigenvalue weighted by molar-refractivity contribution is 0.101. The van der Waals surface area contributed by atoms with Crippen LogP contribution in [0.15, 0.2) is 30.3 Å². The molecule has 0 unspecified atom stereocenters. The number of carbonyl (C=O) groups excluding carboxylic acids is 1. The number of methoxy groups -OCH3 is 1. The van der Waals surface area contributed by atoms with Crippen LogP contribution in [0, 0.1) is 23.3 Å². The van der Waals surface area contributed by atoms with Gasteiger partial charge in [0.05, 0.1) is 7.11 Å². The van der Waals surface area contributed by atoms with E-state index in [0.29, 0.717) is 0 Å². The monoisotopic (exact) mass is 299 g/mol. The van der Waals surface area contributed by atoms with Crippen LogP contribution in [0.25, 0.3) is 0 Å². The molecule has 2 rings (SSSR count). The Hall–Kier alpha value is -2.57. The largest absolute Gasteiger partial charge is 0.491 e. The first kappa shape index (κ1) is 14.8. The summed E-state index contributed by atoms with van der Waals surface area (Å²) < 4.78 is 58.7. The van der Waals surface area contributed by atoms with Crippen molar-refractivity contribution in [3.05, 3.63) is 59.2 Å². The van der Waals surface area contributed by atoms with Crippen LogP contribution in [0.4, 0.5) is 23.2 Å². The number of hydrogen-bond donors (Lipinski definition) is 1. The molecule has 0 fully saturated rings. The highest BCUT2D eigenvalue weighted by molar-refractivity contribution is 6.04. The molecule has 2 aromatic carbocycles. The Morgan fingerprint density at radius 3 is 1.95 bits per heavy atom. The van der Waals surface area contributed by atoms with E-state index in [1.807, 2.05) is 0 Å². The molecule has 0 aliphatic rings. The second-order valence-corrected chi connectivity index (χ2v) is 3.98. The van der Waals surface area contributed by atoms with Crippen LogP contribution >= 0.6 is 0 Å². The Balaban J connectivity index is 2.47. The number of rotatable bonds is 3. The first-order chi connectivity index (χ1) is 9.97. The molecule has 2 aromatic rings. The van der Waals surface area contributed by atoms with Gasteiger partial charge in [0.2, 0.25) is 11.6 Å². The highest BCUT2D eigenvalue weighted by Crippen LogP contribution is 2.30. The Morgan fingerprint density at radius 2 is 1.48 bits per heavy atom. The number of nitrogens with one attached hydrogen (secondary N) is 1. The van der Waals surface area contributed by atoms with Crippen LogP contribution in [-0.4, -0.2) is 13.0 Å². The van der Waals surface area contributed by atoms with Gasteiger partial charge in [-0.05, 0) is 12.1 Å². The van der Waals surface area contributed by atoms with Gasteiger partial charge >= 0.3 is 0 Å². The molecule has 0 atom stereocenters. The Morgan fingerprint density at radius 1 is 0.952 bits per heavy atom. The van der Waals surface area contributed by atoms with E-state index in [9.17, 15) is 22.4 Å². The van der Waals surface area contributed by atoms with Gasteiger partial charge in [0, 0.05) is 5.69 Å². The molecule has 0 aliphatic heterocycles. The third-order valence-electron chi connectivity index (χ3n) is 2.69. The predicted molar refractivity (Wildman–Crippen MR) is 67.2 cm³/mol. The van der Waals surface area contributed by atoms with E-state index in [2.05, 4.69) is 10.1 Å². The fourth-order valence-corrected chi connectivity index (χ4v) is 1.71. The van der Waals surface area contributed by atoms with E-state index in [4.69, 9.17) is 0 Å². The molecule has 0 heterocycles. The number of benzene rings is 2. The quantitative estimate of drug-likeness (QED) is 0.696. The number of para-hydroxylation sites is 1. The number of ether oxygens (including phenoxy) is 1. The molecule has 0 spiro atoms. The SMILES string of the molecule is COc1c(F)c(F)c(C(=O)Nc2ccccc2)c(F)c1F. The summed E-state index contributed by atoms with van der Waals surface area (Å²) in [4.78, 5) is 11.8. The van der Waals surface area contributed by atoms with E-state index in [0.717, 1.165) is 7.11 Å². The second-order valence-electron chi connectivity index (χ2n) is 3.98. The Kier molecular flexibility index (Phi) is 4.11. The minimum Gasteiger partial charge on any atom is -0.491 e. The van der Waals surface area contributed by atoms with Crippen molar-refractivity contribution in [1.82, 2.24) is 0 Å². The molecular weight excluding hydrogens is 290 g/mol. The molecule has 3 nitrogen and oxygen atoms in total. The Bertz CT molecular complexity index is 660. The van der Waals surface area contributed by atoms with Gasteiger partial charge in [0.1, 0.15) is 5.56 Å². The van der Waals surface area contributed by atoms with Crippen LogP contribution in [0.5, 0.6) is 5.75 Å². The van der Waals surface area contributed by atoms with E-state index in [-0.39, 0.29) is 5.69 Å². The van der Waals surface area contributed by atoms with Crippen LogP contribution in [-0.2, 0) is 0 Å². The van der Waals surface area contributed by atoms with Crippen molar-refractivity contribution in [2.24, 2.45) is 0 Å². The van der Waals surface area contributed by atoms with Crippen molar-refractivity contribution < 1.29 is 27.1 Å². The first-order valence-corrected chi connectivity index (χ1v) is 5.73. The zero-order valence-corrected chi connectivity index (χ0v) is 10.7. The zero-order valence-electron chi connectivity index (χ0n) is 10.7. The maximum Gasteiger partial charge on any atom is 0.261 e. The first-order valence-electron chi connectivity index (χ1n) is 5.73. The van der Waals surface area contributed by atoms with Gasteiger partial charge in [0.25, 0.3) is 5.91 Å². The van der Waals surface area contributed by atoms with Gasteiger partial charge in [0.15, 0.2) is 17.4 Å². The predicted octanol–water partition coefficient (Wildman–Crippen LogP) is 3.50.